The van der Waals surface area contributed by atoms with E-state index in [1.165, 1.54) is 17.7 Å². The van der Waals surface area contributed by atoms with Crippen LogP contribution < -0.4 is 10.6 Å². The first kappa shape index (κ1) is 25.8. The fourth-order valence-electron chi connectivity index (χ4n) is 4.20. The molecule has 188 valence electrons. The third kappa shape index (κ3) is 6.69. The summed E-state index contributed by atoms with van der Waals surface area (Å²) < 4.78 is 27.6. The molecule has 1 heterocycles. The van der Waals surface area contributed by atoms with Crippen molar-refractivity contribution in [2.45, 2.75) is 38.5 Å². The molecule has 0 aliphatic carbocycles. The molecule has 0 radical (unpaired) electrons. The summed E-state index contributed by atoms with van der Waals surface area (Å²) >= 11 is 6.04. The average Bonchev–Trinajstić information content (AvgIpc) is 3.26. The predicted octanol–water partition coefficient (Wildman–Crippen LogP) is 5.15. The van der Waals surface area contributed by atoms with Gasteiger partial charge in [-0.05, 0) is 59.9 Å². The van der Waals surface area contributed by atoms with Crippen LogP contribution in [0.25, 0.3) is 10.9 Å². The third-order valence-electron chi connectivity index (χ3n) is 6.07. The lowest BCUT2D eigenvalue weighted by atomic mass is 10.00. The van der Waals surface area contributed by atoms with Crippen molar-refractivity contribution < 1.29 is 18.7 Å². The van der Waals surface area contributed by atoms with Gasteiger partial charge in [0.05, 0.1) is 12.1 Å². The van der Waals surface area contributed by atoms with E-state index in [1.807, 2.05) is 12.1 Å². The lowest BCUT2D eigenvalue weighted by Crippen LogP contribution is -2.48. The number of hydrogen-bond donors (Lipinski definition) is 4. The van der Waals surface area contributed by atoms with Crippen LogP contribution in [0.15, 0.2) is 66.7 Å². The zero-order chi connectivity index (χ0) is 25.7. The Morgan fingerprint density at radius 3 is 2.50 bits per heavy atom. The molecule has 1 amide bonds. The molecule has 0 unspecified atom stereocenters. The maximum atomic E-state index is 13.8. The molecule has 0 saturated carbocycles. The van der Waals surface area contributed by atoms with Crippen LogP contribution in [0.5, 0.6) is 0 Å². The van der Waals surface area contributed by atoms with Gasteiger partial charge in [-0.2, -0.15) is 0 Å². The number of aromatic amines is 1. The number of nitrogens with one attached hydrogen (secondary N) is 3. The van der Waals surface area contributed by atoms with Crippen molar-refractivity contribution in [2.24, 2.45) is 0 Å². The van der Waals surface area contributed by atoms with Gasteiger partial charge in [-0.3, -0.25) is 4.79 Å². The van der Waals surface area contributed by atoms with Crippen molar-refractivity contribution in [3.8, 4) is 0 Å². The highest BCUT2D eigenvalue weighted by Crippen LogP contribution is 2.20. The number of carbonyl (C=O) groups is 1. The standard InChI is InChI=1S/C28H28ClF2N3O2/c1-2-17-4-3-5-18(8-17)15-32-16-27(35)25(11-19-9-22(30)14-23(31)10-19)34-28(36)26-12-20-6-7-21(29)13-24(20)33-26/h3-10,12-14,25,27,32-33,35H,2,11,15-16H2,1H3,(H,34,36)/t25-,27-/m0/s1. The van der Waals surface area contributed by atoms with E-state index >= 15 is 0 Å². The number of aliphatic hydroxyl groups excluding tert-OH is 1. The number of aryl methyl sites for hydroxylation is 1. The Morgan fingerprint density at radius 2 is 1.75 bits per heavy atom. The van der Waals surface area contributed by atoms with Crippen LogP contribution in [0.4, 0.5) is 8.78 Å². The number of halogens is 3. The van der Waals surface area contributed by atoms with Gasteiger partial charge in [0.25, 0.3) is 5.91 Å². The molecule has 0 spiro atoms. The van der Waals surface area contributed by atoms with Crippen LogP contribution in [0.3, 0.4) is 0 Å². The highest BCUT2D eigenvalue weighted by atomic mass is 35.5. The minimum atomic E-state index is -1.02. The first-order valence-corrected chi connectivity index (χ1v) is 12.2. The summed E-state index contributed by atoms with van der Waals surface area (Å²) in [4.78, 5) is 16.1. The molecule has 5 nitrogen and oxygen atoms in total. The Hall–Kier alpha value is -3.26. The maximum Gasteiger partial charge on any atom is 0.268 e. The van der Waals surface area contributed by atoms with Gasteiger partial charge in [0, 0.05) is 35.1 Å². The van der Waals surface area contributed by atoms with Crippen molar-refractivity contribution in [3.63, 3.8) is 0 Å². The third-order valence-corrected chi connectivity index (χ3v) is 6.31. The van der Waals surface area contributed by atoms with E-state index in [0.29, 0.717) is 28.3 Å². The van der Waals surface area contributed by atoms with E-state index in [4.69, 9.17) is 11.6 Å². The molecule has 4 aromatic rings. The van der Waals surface area contributed by atoms with Crippen LogP contribution >= 0.6 is 11.6 Å². The van der Waals surface area contributed by atoms with Gasteiger partial charge in [0.1, 0.15) is 17.3 Å². The second-order valence-corrected chi connectivity index (χ2v) is 9.28. The van der Waals surface area contributed by atoms with Crippen LogP contribution in [0.2, 0.25) is 5.02 Å². The van der Waals surface area contributed by atoms with Gasteiger partial charge in [0.2, 0.25) is 0 Å². The molecule has 1 aromatic heterocycles. The summed E-state index contributed by atoms with van der Waals surface area (Å²) in [6.45, 7) is 2.78. The average molecular weight is 512 g/mol. The maximum absolute atomic E-state index is 13.8. The van der Waals surface area contributed by atoms with Crippen LogP contribution in [-0.4, -0.2) is 34.7 Å². The van der Waals surface area contributed by atoms with Gasteiger partial charge in [-0.1, -0.05) is 48.9 Å². The zero-order valence-electron chi connectivity index (χ0n) is 19.8. The van der Waals surface area contributed by atoms with Gasteiger partial charge < -0.3 is 20.7 Å². The fourth-order valence-corrected chi connectivity index (χ4v) is 4.37. The van der Waals surface area contributed by atoms with Crippen molar-refractivity contribution in [2.75, 3.05) is 6.54 Å². The molecule has 0 aliphatic heterocycles. The van der Waals surface area contributed by atoms with E-state index in [0.717, 1.165) is 23.4 Å². The molecule has 0 bridgehead atoms. The number of aromatic nitrogens is 1. The van der Waals surface area contributed by atoms with E-state index in [9.17, 15) is 18.7 Å². The minimum absolute atomic E-state index is 0.0423. The quantitative estimate of drug-likeness (QED) is 0.238. The Labute approximate surface area is 213 Å². The first-order valence-electron chi connectivity index (χ1n) is 11.8. The molecule has 8 heteroatoms. The molecular weight excluding hydrogens is 484 g/mol. The second-order valence-electron chi connectivity index (χ2n) is 8.85. The number of hydrogen-bond acceptors (Lipinski definition) is 3. The Kier molecular flexibility index (Phi) is 8.36. The van der Waals surface area contributed by atoms with Gasteiger partial charge in [-0.25, -0.2) is 8.78 Å². The molecule has 2 atom stereocenters. The first-order chi connectivity index (χ1) is 17.3. The van der Waals surface area contributed by atoms with Gasteiger partial charge in [-0.15, -0.1) is 0 Å². The monoisotopic (exact) mass is 511 g/mol. The Balaban J connectivity index is 1.48. The van der Waals surface area contributed by atoms with Crippen molar-refractivity contribution in [1.82, 2.24) is 15.6 Å². The molecule has 0 saturated heterocycles. The normalized spacial score (nSPS) is 13.0. The number of aliphatic hydroxyl groups is 1. The van der Waals surface area contributed by atoms with Gasteiger partial charge in [0.15, 0.2) is 0 Å². The minimum Gasteiger partial charge on any atom is -0.390 e. The van der Waals surface area contributed by atoms with E-state index in [2.05, 4.69) is 34.7 Å². The SMILES string of the molecule is CCc1cccc(CNC[C@H](O)[C@H](Cc2cc(F)cc(F)c2)NC(=O)c2cc3ccc(Cl)cc3[nH]2)c1. The molecule has 3 aromatic carbocycles. The fraction of sp³-hybridized carbons (Fsp3) is 0.250. The molecule has 4 rings (SSSR count). The highest BCUT2D eigenvalue weighted by Gasteiger charge is 2.24. The molecule has 0 aliphatic rings. The van der Waals surface area contributed by atoms with Gasteiger partial charge >= 0.3 is 0 Å². The largest absolute Gasteiger partial charge is 0.390 e. The van der Waals surface area contributed by atoms with E-state index < -0.39 is 29.7 Å². The predicted molar refractivity (Wildman–Crippen MR) is 138 cm³/mol. The number of rotatable bonds is 10. The number of H-pyrrole nitrogens is 1. The lowest BCUT2D eigenvalue weighted by Gasteiger charge is -2.25. The van der Waals surface area contributed by atoms with Crippen LogP contribution in [-0.2, 0) is 19.4 Å². The second kappa shape index (κ2) is 11.6. The summed E-state index contributed by atoms with van der Waals surface area (Å²) in [5.41, 5.74) is 3.61. The summed E-state index contributed by atoms with van der Waals surface area (Å²) in [5, 5.41) is 18.3. The Morgan fingerprint density at radius 1 is 1.00 bits per heavy atom. The van der Waals surface area contributed by atoms with Crippen molar-refractivity contribution in [3.05, 3.63) is 106 Å². The lowest BCUT2D eigenvalue weighted by molar-refractivity contribution is 0.0826. The number of amides is 1. The summed E-state index contributed by atoms with van der Waals surface area (Å²) in [5.74, 6) is -1.88. The van der Waals surface area contributed by atoms with Crippen molar-refractivity contribution >= 4 is 28.4 Å². The van der Waals surface area contributed by atoms with Crippen LogP contribution in [0, 0.1) is 11.6 Å². The topological polar surface area (TPSA) is 77.2 Å². The summed E-state index contributed by atoms with van der Waals surface area (Å²) in [6, 6.07) is 17.4. The van der Waals surface area contributed by atoms with E-state index in [-0.39, 0.29) is 13.0 Å². The molecule has 4 N–H and O–H groups in total. The van der Waals surface area contributed by atoms with Crippen LogP contribution in [0.1, 0.15) is 34.1 Å². The number of fused-ring (bicyclic) bond motifs is 1. The number of carbonyl (C=O) groups excluding carboxylic acids is 1. The highest BCUT2D eigenvalue weighted by molar-refractivity contribution is 6.31. The summed E-state index contributed by atoms with van der Waals surface area (Å²) in [6.07, 6.45) is -0.0523. The zero-order valence-corrected chi connectivity index (χ0v) is 20.6. The Bertz CT molecular complexity index is 1340. The number of benzene rings is 3. The smallest absolute Gasteiger partial charge is 0.268 e. The molecular formula is C28H28ClF2N3O2. The van der Waals surface area contributed by atoms with Crippen molar-refractivity contribution in [1.29, 1.82) is 0 Å². The van der Waals surface area contributed by atoms with E-state index in [1.54, 1.807) is 24.3 Å². The molecule has 0 fully saturated rings. The molecule has 36 heavy (non-hydrogen) atoms. The summed E-state index contributed by atoms with van der Waals surface area (Å²) in [7, 11) is 0.